The first kappa shape index (κ1) is 15.1. The van der Waals surface area contributed by atoms with Gasteiger partial charge in [0, 0.05) is 31.7 Å². The highest BCUT2D eigenvalue weighted by molar-refractivity contribution is 5.80. The lowest BCUT2D eigenvalue weighted by molar-refractivity contribution is -0.134. The van der Waals surface area contributed by atoms with Gasteiger partial charge >= 0.3 is 0 Å². The molecule has 1 aromatic heterocycles. The van der Waals surface area contributed by atoms with Crippen molar-refractivity contribution in [1.29, 1.82) is 0 Å². The highest BCUT2D eigenvalue weighted by Gasteiger charge is 2.42. The second-order valence-corrected chi connectivity index (χ2v) is 7.20. The van der Waals surface area contributed by atoms with E-state index in [1.54, 1.807) is 6.26 Å². The highest BCUT2D eigenvalue weighted by Crippen LogP contribution is 2.42. The van der Waals surface area contributed by atoms with Gasteiger partial charge in [0.1, 0.15) is 5.76 Å². The van der Waals surface area contributed by atoms with E-state index in [9.17, 15) is 0 Å². The average molecular weight is 317 g/mol. The van der Waals surface area contributed by atoms with Gasteiger partial charge in [0.15, 0.2) is 5.96 Å². The summed E-state index contributed by atoms with van der Waals surface area (Å²) in [6.07, 6.45) is 11.1. The van der Waals surface area contributed by atoms with Gasteiger partial charge in [0.05, 0.1) is 11.9 Å². The van der Waals surface area contributed by atoms with Crippen molar-refractivity contribution in [2.24, 2.45) is 4.99 Å². The third kappa shape index (κ3) is 3.89. The first-order valence-corrected chi connectivity index (χ1v) is 9.05. The van der Waals surface area contributed by atoms with E-state index < -0.39 is 0 Å². The van der Waals surface area contributed by atoms with Crippen molar-refractivity contribution in [3.05, 3.63) is 24.2 Å². The minimum Gasteiger partial charge on any atom is -0.469 e. The lowest BCUT2D eigenvalue weighted by atomic mass is 9.74. The first-order valence-electron chi connectivity index (χ1n) is 9.05. The molecule has 3 fully saturated rings. The van der Waals surface area contributed by atoms with Crippen LogP contribution < -0.4 is 10.6 Å². The molecule has 1 atom stereocenters. The summed E-state index contributed by atoms with van der Waals surface area (Å²) in [5.41, 5.74) is 0.175. The Morgan fingerprint density at radius 2 is 2.09 bits per heavy atom. The van der Waals surface area contributed by atoms with Crippen molar-refractivity contribution in [2.75, 3.05) is 13.2 Å². The lowest BCUT2D eigenvalue weighted by Crippen LogP contribution is -2.54. The van der Waals surface area contributed by atoms with Gasteiger partial charge < -0.3 is 19.8 Å². The van der Waals surface area contributed by atoms with Crippen LogP contribution in [0.15, 0.2) is 27.8 Å². The molecule has 23 heavy (non-hydrogen) atoms. The highest BCUT2D eigenvalue weighted by atomic mass is 16.5. The van der Waals surface area contributed by atoms with Crippen LogP contribution in [0.4, 0.5) is 0 Å². The number of rotatable bonds is 5. The van der Waals surface area contributed by atoms with Gasteiger partial charge in [-0.15, -0.1) is 0 Å². The fourth-order valence-electron chi connectivity index (χ4n) is 3.55. The van der Waals surface area contributed by atoms with Gasteiger partial charge in [-0.2, -0.15) is 0 Å². The summed E-state index contributed by atoms with van der Waals surface area (Å²) in [6.45, 7) is 1.63. The predicted octanol–water partition coefficient (Wildman–Crippen LogP) is 2.62. The molecule has 126 valence electrons. The maximum Gasteiger partial charge on any atom is 0.191 e. The Morgan fingerprint density at radius 3 is 2.78 bits per heavy atom. The molecule has 2 N–H and O–H groups in total. The Balaban J connectivity index is 1.33. The number of hydrogen-bond donors (Lipinski definition) is 2. The van der Waals surface area contributed by atoms with E-state index >= 15 is 0 Å². The van der Waals surface area contributed by atoms with Crippen LogP contribution in [0.5, 0.6) is 0 Å². The average Bonchev–Trinajstić information content (AvgIpc) is 3.18. The molecule has 0 amide bonds. The third-order valence-corrected chi connectivity index (χ3v) is 5.23. The molecule has 0 bridgehead atoms. The maximum atomic E-state index is 6.02. The fourth-order valence-corrected chi connectivity index (χ4v) is 3.55. The Labute approximate surface area is 137 Å². The third-order valence-electron chi connectivity index (χ3n) is 5.23. The number of nitrogens with zero attached hydrogens (tertiary/aromatic N) is 1. The summed E-state index contributed by atoms with van der Waals surface area (Å²) in [5, 5.41) is 7.21. The molecule has 3 aliphatic rings. The van der Waals surface area contributed by atoms with Crippen LogP contribution >= 0.6 is 0 Å². The molecule has 1 spiro atoms. The lowest BCUT2D eigenvalue weighted by Gasteiger charge is -2.47. The zero-order valence-electron chi connectivity index (χ0n) is 13.7. The van der Waals surface area contributed by atoms with Crippen molar-refractivity contribution < 1.29 is 9.15 Å². The number of nitrogens with one attached hydrogen (secondary N) is 2. The Kier molecular flexibility index (Phi) is 4.29. The van der Waals surface area contributed by atoms with E-state index in [0.29, 0.717) is 12.1 Å². The van der Waals surface area contributed by atoms with Crippen LogP contribution in [0.2, 0.25) is 0 Å². The molecule has 1 saturated heterocycles. The van der Waals surface area contributed by atoms with Crippen LogP contribution in [-0.4, -0.2) is 36.8 Å². The summed E-state index contributed by atoms with van der Waals surface area (Å²) < 4.78 is 11.4. The molecule has 5 heteroatoms. The molecular weight excluding hydrogens is 290 g/mol. The van der Waals surface area contributed by atoms with Gasteiger partial charge in [-0.1, -0.05) is 0 Å². The number of furan rings is 1. The van der Waals surface area contributed by atoms with Crippen LogP contribution in [0.1, 0.15) is 50.7 Å². The molecule has 2 saturated carbocycles. The van der Waals surface area contributed by atoms with E-state index in [4.69, 9.17) is 14.1 Å². The van der Waals surface area contributed by atoms with Crippen LogP contribution in [0.3, 0.4) is 0 Å². The van der Waals surface area contributed by atoms with E-state index in [-0.39, 0.29) is 5.60 Å². The molecule has 0 radical (unpaired) electrons. The van der Waals surface area contributed by atoms with Gasteiger partial charge in [-0.3, -0.25) is 4.99 Å². The van der Waals surface area contributed by atoms with Crippen LogP contribution in [-0.2, 0) is 11.2 Å². The molecule has 2 aliphatic carbocycles. The van der Waals surface area contributed by atoms with Gasteiger partial charge in [-0.05, 0) is 57.1 Å². The summed E-state index contributed by atoms with van der Waals surface area (Å²) in [4.78, 5) is 4.76. The number of aliphatic imine (C=N–C) groups is 1. The minimum absolute atomic E-state index is 0.175. The fraction of sp³-hybridized carbons (Fsp3) is 0.722. The monoisotopic (exact) mass is 317 g/mol. The van der Waals surface area contributed by atoms with Crippen molar-refractivity contribution in [1.82, 2.24) is 10.6 Å². The maximum absolute atomic E-state index is 6.02. The molecule has 2 heterocycles. The largest absolute Gasteiger partial charge is 0.469 e. The van der Waals surface area contributed by atoms with Crippen molar-refractivity contribution in [3.8, 4) is 0 Å². The molecule has 5 nitrogen and oxygen atoms in total. The van der Waals surface area contributed by atoms with E-state index in [1.807, 2.05) is 12.1 Å². The molecule has 4 rings (SSSR count). The first-order chi connectivity index (χ1) is 11.3. The van der Waals surface area contributed by atoms with Crippen molar-refractivity contribution >= 4 is 5.96 Å². The van der Waals surface area contributed by atoms with E-state index in [1.165, 1.54) is 32.1 Å². The zero-order valence-corrected chi connectivity index (χ0v) is 13.7. The smallest absolute Gasteiger partial charge is 0.191 e. The van der Waals surface area contributed by atoms with Crippen LogP contribution in [0, 0.1) is 0 Å². The predicted molar refractivity (Wildman–Crippen MR) is 89.6 cm³/mol. The van der Waals surface area contributed by atoms with E-state index in [0.717, 1.165) is 44.1 Å². The summed E-state index contributed by atoms with van der Waals surface area (Å²) >= 11 is 0. The molecule has 0 aromatic carbocycles. The van der Waals surface area contributed by atoms with Crippen LogP contribution in [0.25, 0.3) is 0 Å². The Hall–Kier alpha value is -1.49. The number of guanidine groups is 1. The second kappa shape index (κ2) is 6.56. The molecule has 1 unspecified atom stereocenters. The molecular formula is C18H27N3O2. The molecule has 1 aliphatic heterocycles. The zero-order chi connectivity index (χ0) is 15.5. The quantitative estimate of drug-likeness (QED) is 0.647. The topological polar surface area (TPSA) is 58.8 Å². The van der Waals surface area contributed by atoms with Gasteiger partial charge in [-0.25, -0.2) is 0 Å². The summed E-state index contributed by atoms with van der Waals surface area (Å²) in [5.74, 6) is 1.97. The number of hydrogen-bond acceptors (Lipinski definition) is 3. The molecule has 1 aromatic rings. The summed E-state index contributed by atoms with van der Waals surface area (Å²) in [7, 11) is 0. The normalized spacial score (nSPS) is 26.8. The van der Waals surface area contributed by atoms with E-state index in [2.05, 4.69) is 10.6 Å². The Morgan fingerprint density at radius 1 is 1.22 bits per heavy atom. The Bertz CT molecular complexity index is 532. The van der Waals surface area contributed by atoms with Gasteiger partial charge in [0.25, 0.3) is 0 Å². The second-order valence-electron chi connectivity index (χ2n) is 7.20. The SMILES string of the molecule is c1coc(CCN=C(NC2CC2)NC2CCOC3(CCC3)C2)c1. The number of ether oxygens (including phenoxy) is 1. The van der Waals surface area contributed by atoms with Gasteiger partial charge in [0.2, 0.25) is 0 Å². The minimum atomic E-state index is 0.175. The standard InChI is InChI=1S/C18H27N3O2/c1-3-16(22-11-1)6-10-19-17(20-14-4-5-14)21-15-7-12-23-18(13-15)8-2-9-18/h1,3,11,14-15H,2,4-10,12-13H2,(H2,19,20,21). The van der Waals surface area contributed by atoms with Crippen molar-refractivity contribution in [3.63, 3.8) is 0 Å². The summed E-state index contributed by atoms with van der Waals surface area (Å²) in [6, 6.07) is 5.04. The van der Waals surface area contributed by atoms with Crippen molar-refractivity contribution in [2.45, 2.75) is 69.1 Å².